The number of aliphatic hydroxyl groups is 1. The largest absolute Gasteiger partial charge is 0.489 e. The zero-order valence-corrected chi connectivity index (χ0v) is 14.6. The predicted molar refractivity (Wildman–Crippen MR) is 94.9 cm³/mol. The average Bonchev–Trinajstić information content (AvgIpc) is 2.51. The Morgan fingerprint density at radius 3 is 2.43 bits per heavy atom. The SMILES string of the molecule is CC(C)(C)NC[C@H](O)c1ccc(OCc2ccccc2)cc1Cl. The van der Waals surface area contributed by atoms with Crippen LogP contribution in [0.5, 0.6) is 5.75 Å². The first kappa shape index (κ1) is 17.8. The first-order chi connectivity index (χ1) is 10.8. The van der Waals surface area contributed by atoms with Crippen molar-refractivity contribution in [1.82, 2.24) is 5.32 Å². The van der Waals surface area contributed by atoms with Crippen LogP contribution in [-0.4, -0.2) is 17.2 Å². The number of ether oxygens (including phenoxy) is 1. The van der Waals surface area contributed by atoms with Gasteiger partial charge in [0.25, 0.3) is 0 Å². The predicted octanol–water partition coefficient (Wildman–Crippen LogP) is 4.34. The van der Waals surface area contributed by atoms with Gasteiger partial charge in [-0.05, 0) is 38.5 Å². The van der Waals surface area contributed by atoms with Crippen molar-refractivity contribution >= 4 is 11.6 Å². The summed E-state index contributed by atoms with van der Waals surface area (Å²) < 4.78 is 5.74. The van der Waals surface area contributed by atoms with Crippen molar-refractivity contribution in [2.75, 3.05) is 6.54 Å². The minimum Gasteiger partial charge on any atom is -0.489 e. The second-order valence-electron chi connectivity index (χ2n) is 6.60. The summed E-state index contributed by atoms with van der Waals surface area (Å²) in [5.41, 5.74) is 1.75. The number of hydrogen-bond acceptors (Lipinski definition) is 3. The van der Waals surface area contributed by atoms with Crippen LogP contribution in [0.15, 0.2) is 48.5 Å². The second kappa shape index (κ2) is 7.82. The van der Waals surface area contributed by atoms with Gasteiger partial charge in [0, 0.05) is 17.6 Å². The van der Waals surface area contributed by atoms with E-state index in [1.54, 1.807) is 6.07 Å². The Balaban J connectivity index is 1.97. The van der Waals surface area contributed by atoms with Crippen LogP contribution in [0.1, 0.15) is 38.0 Å². The average molecular weight is 334 g/mol. The number of halogens is 1. The summed E-state index contributed by atoms with van der Waals surface area (Å²) in [6.07, 6.45) is -0.648. The molecule has 0 saturated carbocycles. The highest BCUT2D eigenvalue weighted by molar-refractivity contribution is 6.31. The van der Waals surface area contributed by atoms with E-state index >= 15 is 0 Å². The Morgan fingerprint density at radius 2 is 1.83 bits per heavy atom. The summed E-state index contributed by atoms with van der Waals surface area (Å²) in [7, 11) is 0. The Morgan fingerprint density at radius 1 is 1.13 bits per heavy atom. The summed E-state index contributed by atoms with van der Waals surface area (Å²) in [4.78, 5) is 0. The lowest BCUT2D eigenvalue weighted by atomic mass is 10.1. The first-order valence-corrected chi connectivity index (χ1v) is 8.12. The van der Waals surface area contributed by atoms with Gasteiger partial charge in [-0.1, -0.05) is 48.0 Å². The number of benzene rings is 2. The smallest absolute Gasteiger partial charge is 0.121 e. The normalized spacial score (nSPS) is 12.9. The highest BCUT2D eigenvalue weighted by Crippen LogP contribution is 2.28. The fourth-order valence-electron chi connectivity index (χ4n) is 2.12. The molecule has 124 valence electrons. The Bertz CT molecular complexity index is 623. The molecule has 2 N–H and O–H groups in total. The van der Waals surface area contributed by atoms with Crippen LogP contribution in [0.2, 0.25) is 5.02 Å². The van der Waals surface area contributed by atoms with Crippen LogP contribution in [-0.2, 0) is 6.61 Å². The standard InChI is InChI=1S/C19H24ClNO2/c1-19(2,3)21-12-18(22)16-10-9-15(11-17(16)20)23-13-14-7-5-4-6-8-14/h4-11,18,21-22H,12-13H2,1-3H3/t18-/m0/s1. The lowest BCUT2D eigenvalue weighted by molar-refractivity contribution is 0.163. The molecule has 0 aliphatic carbocycles. The molecule has 0 unspecified atom stereocenters. The first-order valence-electron chi connectivity index (χ1n) is 7.74. The van der Waals surface area contributed by atoms with E-state index in [0.717, 1.165) is 5.56 Å². The van der Waals surface area contributed by atoms with Gasteiger partial charge in [0.05, 0.1) is 11.1 Å². The molecule has 0 fully saturated rings. The molecule has 2 aromatic rings. The van der Waals surface area contributed by atoms with Crippen LogP contribution < -0.4 is 10.1 Å². The van der Waals surface area contributed by atoms with Gasteiger partial charge < -0.3 is 15.2 Å². The summed E-state index contributed by atoms with van der Waals surface area (Å²) in [6, 6.07) is 15.4. The zero-order valence-electron chi connectivity index (χ0n) is 13.8. The third kappa shape index (κ3) is 5.87. The highest BCUT2D eigenvalue weighted by Gasteiger charge is 2.16. The number of β-amino-alcohol motifs (C(OH)–C–C–N with tert-alkyl or cyclic N) is 1. The quantitative estimate of drug-likeness (QED) is 0.826. The molecular formula is C19H24ClNO2. The van der Waals surface area contributed by atoms with Gasteiger partial charge in [0.2, 0.25) is 0 Å². The van der Waals surface area contributed by atoms with Crippen molar-refractivity contribution in [3.8, 4) is 5.75 Å². The molecule has 0 aliphatic heterocycles. The highest BCUT2D eigenvalue weighted by atomic mass is 35.5. The molecule has 0 amide bonds. The molecule has 0 radical (unpaired) electrons. The van der Waals surface area contributed by atoms with E-state index in [0.29, 0.717) is 29.5 Å². The van der Waals surface area contributed by atoms with Crippen LogP contribution in [0, 0.1) is 0 Å². The Hall–Kier alpha value is -1.55. The Kier molecular flexibility index (Phi) is 6.05. The van der Waals surface area contributed by atoms with E-state index in [-0.39, 0.29) is 5.54 Å². The van der Waals surface area contributed by atoms with E-state index in [1.807, 2.05) is 42.5 Å². The molecule has 0 saturated heterocycles. The zero-order chi connectivity index (χ0) is 16.9. The van der Waals surface area contributed by atoms with Gasteiger partial charge in [-0.2, -0.15) is 0 Å². The number of rotatable bonds is 6. The molecule has 0 heterocycles. The van der Waals surface area contributed by atoms with E-state index in [2.05, 4.69) is 26.1 Å². The van der Waals surface area contributed by atoms with E-state index in [9.17, 15) is 5.11 Å². The molecule has 2 rings (SSSR count). The summed E-state index contributed by atoms with van der Waals surface area (Å²) in [5.74, 6) is 0.693. The van der Waals surface area contributed by atoms with Crippen molar-refractivity contribution in [2.24, 2.45) is 0 Å². The molecule has 1 atom stereocenters. The number of nitrogens with one attached hydrogen (secondary N) is 1. The van der Waals surface area contributed by atoms with Crippen molar-refractivity contribution in [2.45, 2.75) is 39.0 Å². The van der Waals surface area contributed by atoms with Gasteiger partial charge in [0.1, 0.15) is 12.4 Å². The summed E-state index contributed by atoms with van der Waals surface area (Å²) >= 11 is 6.29. The summed E-state index contributed by atoms with van der Waals surface area (Å²) in [6.45, 7) is 7.11. The maximum Gasteiger partial charge on any atom is 0.121 e. The lowest BCUT2D eigenvalue weighted by Gasteiger charge is -2.23. The van der Waals surface area contributed by atoms with Gasteiger partial charge in [-0.25, -0.2) is 0 Å². The summed E-state index contributed by atoms with van der Waals surface area (Å²) in [5, 5.41) is 14.1. The van der Waals surface area contributed by atoms with Crippen molar-refractivity contribution in [3.05, 3.63) is 64.7 Å². The van der Waals surface area contributed by atoms with Crippen molar-refractivity contribution in [1.29, 1.82) is 0 Å². The molecule has 0 spiro atoms. The maximum atomic E-state index is 10.3. The van der Waals surface area contributed by atoms with E-state index in [4.69, 9.17) is 16.3 Å². The Labute approximate surface area is 143 Å². The second-order valence-corrected chi connectivity index (χ2v) is 7.01. The third-order valence-electron chi connectivity index (χ3n) is 3.40. The molecule has 23 heavy (non-hydrogen) atoms. The molecule has 2 aromatic carbocycles. The molecule has 0 bridgehead atoms. The van der Waals surface area contributed by atoms with Crippen molar-refractivity contribution in [3.63, 3.8) is 0 Å². The molecule has 3 nitrogen and oxygen atoms in total. The molecule has 0 aliphatic rings. The van der Waals surface area contributed by atoms with E-state index < -0.39 is 6.10 Å². The monoisotopic (exact) mass is 333 g/mol. The fourth-order valence-corrected chi connectivity index (χ4v) is 2.42. The number of hydrogen-bond donors (Lipinski definition) is 2. The fraction of sp³-hybridized carbons (Fsp3) is 0.368. The minimum absolute atomic E-state index is 0.0494. The minimum atomic E-state index is -0.648. The van der Waals surface area contributed by atoms with Gasteiger partial charge in [-0.3, -0.25) is 0 Å². The topological polar surface area (TPSA) is 41.5 Å². The van der Waals surface area contributed by atoms with E-state index in [1.165, 1.54) is 0 Å². The molecule has 0 aromatic heterocycles. The van der Waals surface area contributed by atoms with Gasteiger partial charge >= 0.3 is 0 Å². The van der Waals surface area contributed by atoms with Gasteiger partial charge in [-0.15, -0.1) is 0 Å². The maximum absolute atomic E-state index is 10.3. The van der Waals surface area contributed by atoms with Gasteiger partial charge in [0.15, 0.2) is 0 Å². The van der Waals surface area contributed by atoms with Crippen molar-refractivity contribution < 1.29 is 9.84 Å². The van der Waals surface area contributed by atoms with Crippen LogP contribution >= 0.6 is 11.6 Å². The third-order valence-corrected chi connectivity index (χ3v) is 3.73. The molecule has 4 heteroatoms. The van der Waals surface area contributed by atoms with Crippen LogP contribution in [0.3, 0.4) is 0 Å². The van der Waals surface area contributed by atoms with Crippen LogP contribution in [0.4, 0.5) is 0 Å². The van der Waals surface area contributed by atoms with Crippen LogP contribution in [0.25, 0.3) is 0 Å². The number of aliphatic hydroxyl groups excluding tert-OH is 1. The lowest BCUT2D eigenvalue weighted by Crippen LogP contribution is -2.38. The molecular weight excluding hydrogens is 310 g/mol.